The van der Waals surface area contributed by atoms with Gasteiger partial charge in [-0.3, -0.25) is 4.79 Å². The molecule has 3 nitrogen and oxygen atoms in total. The summed E-state index contributed by atoms with van der Waals surface area (Å²) >= 11 is 0. The molecule has 4 heteroatoms. The molecule has 0 N–H and O–H groups in total. The van der Waals surface area contributed by atoms with Crippen molar-refractivity contribution in [2.24, 2.45) is 5.92 Å². The van der Waals surface area contributed by atoms with E-state index in [1.807, 2.05) is 71.6 Å². The summed E-state index contributed by atoms with van der Waals surface area (Å²) < 4.78 is 14.5. The quantitative estimate of drug-likeness (QED) is 0.490. The number of nitrogens with zero attached hydrogens (tertiary/aromatic N) is 2. The second kappa shape index (κ2) is 8.66. The second-order valence-corrected chi connectivity index (χ2v) is 10.4. The molecular formula is C30H31FN2O. The van der Waals surface area contributed by atoms with Crippen molar-refractivity contribution in [2.45, 2.75) is 37.0 Å². The molecule has 1 amide bonds. The van der Waals surface area contributed by atoms with E-state index in [9.17, 15) is 9.18 Å². The van der Waals surface area contributed by atoms with Gasteiger partial charge >= 0.3 is 0 Å². The molecule has 0 atom stereocenters. The predicted octanol–water partition coefficient (Wildman–Crippen LogP) is 5.75. The fraction of sp³-hybridized carbons (Fsp3) is 0.367. The van der Waals surface area contributed by atoms with Crippen LogP contribution in [0.3, 0.4) is 0 Å². The number of likely N-dealkylation sites (tertiary alicyclic amines) is 1. The number of carbonyl (C=O) groups is 1. The highest BCUT2D eigenvalue weighted by Crippen LogP contribution is 2.49. The minimum Gasteiger partial charge on any atom is -0.310 e. The number of amides is 1. The molecule has 1 saturated carbocycles. The van der Waals surface area contributed by atoms with Crippen molar-refractivity contribution in [1.29, 1.82) is 0 Å². The van der Waals surface area contributed by atoms with E-state index in [0.29, 0.717) is 6.54 Å². The maximum Gasteiger partial charge on any atom is 0.239 e. The van der Waals surface area contributed by atoms with E-state index in [0.717, 1.165) is 54.2 Å². The van der Waals surface area contributed by atoms with Crippen LogP contribution in [0.4, 0.5) is 10.1 Å². The fourth-order valence-corrected chi connectivity index (χ4v) is 6.02. The Labute approximate surface area is 201 Å². The SMILES string of the molecule is O=C(C(c1ccccc1)c1ccccc1)N1CC2(CCN(CC3CC3)CC2)c2cc(F)ccc21. The standard InChI is InChI=1S/C30H31FN2O/c31-25-13-14-27-26(19-25)30(15-17-32(18-16-30)20-22-11-12-22)21-33(27)29(34)28(23-7-3-1-4-8-23)24-9-5-2-6-10-24/h1-10,13-14,19,22,28H,11-12,15-18,20-21H2. The summed E-state index contributed by atoms with van der Waals surface area (Å²) in [5, 5.41) is 0. The molecule has 34 heavy (non-hydrogen) atoms. The van der Waals surface area contributed by atoms with Gasteiger partial charge in [-0.25, -0.2) is 4.39 Å². The number of hydrogen-bond acceptors (Lipinski definition) is 2. The summed E-state index contributed by atoms with van der Waals surface area (Å²) in [6.07, 6.45) is 4.67. The lowest BCUT2D eigenvalue weighted by Gasteiger charge is -2.40. The summed E-state index contributed by atoms with van der Waals surface area (Å²) in [7, 11) is 0. The minimum atomic E-state index is -0.384. The van der Waals surface area contributed by atoms with Crippen LogP contribution in [0.15, 0.2) is 78.9 Å². The third kappa shape index (κ3) is 3.94. The number of carbonyl (C=O) groups excluding carboxylic acids is 1. The van der Waals surface area contributed by atoms with E-state index < -0.39 is 0 Å². The first-order valence-corrected chi connectivity index (χ1v) is 12.6. The van der Waals surface area contributed by atoms with Crippen LogP contribution in [-0.4, -0.2) is 37.0 Å². The van der Waals surface area contributed by atoms with E-state index >= 15 is 0 Å². The lowest BCUT2D eigenvalue weighted by atomic mass is 9.74. The third-order valence-electron chi connectivity index (χ3n) is 8.09. The van der Waals surface area contributed by atoms with Crippen molar-refractivity contribution in [1.82, 2.24) is 4.90 Å². The largest absolute Gasteiger partial charge is 0.310 e. The molecule has 1 spiro atoms. The molecule has 3 aliphatic rings. The number of anilines is 1. The molecule has 1 saturated heterocycles. The normalized spacial score (nSPS) is 19.5. The van der Waals surface area contributed by atoms with Gasteiger partial charge in [0.2, 0.25) is 5.91 Å². The summed E-state index contributed by atoms with van der Waals surface area (Å²) in [6, 6.07) is 25.1. The zero-order valence-corrected chi connectivity index (χ0v) is 19.5. The molecule has 3 aromatic carbocycles. The zero-order chi connectivity index (χ0) is 23.1. The molecule has 0 bridgehead atoms. The van der Waals surface area contributed by atoms with E-state index in [-0.39, 0.29) is 23.1 Å². The van der Waals surface area contributed by atoms with Gasteiger partial charge in [0.15, 0.2) is 0 Å². The number of rotatable bonds is 5. The highest BCUT2D eigenvalue weighted by molar-refractivity contribution is 6.02. The highest BCUT2D eigenvalue weighted by atomic mass is 19.1. The van der Waals surface area contributed by atoms with Crippen LogP contribution in [-0.2, 0) is 10.2 Å². The number of hydrogen-bond donors (Lipinski definition) is 0. The van der Waals surface area contributed by atoms with E-state index in [1.54, 1.807) is 6.07 Å². The molecule has 0 aromatic heterocycles. The van der Waals surface area contributed by atoms with Gasteiger partial charge in [-0.2, -0.15) is 0 Å². The minimum absolute atomic E-state index is 0.0718. The van der Waals surface area contributed by atoms with Crippen LogP contribution >= 0.6 is 0 Å². The molecule has 2 aliphatic heterocycles. The number of piperidine rings is 1. The number of benzene rings is 3. The Balaban J connectivity index is 1.35. The fourth-order valence-electron chi connectivity index (χ4n) is 6.02. The first-order chi connectivity index (χ1) is 16.6. The average molecular weight is 455 g/mol. The Kier molecular flexibility index (Phi) is 5.49. The Hall–Kier alpha value is -2.98. The summed E-state index contributed by atoms with van der Waals surface area (Å²) in [5.74, 6) is 0.349. The van der Waals surface area contributed by atoms with Gasteiger partial charge < -0.3 is 9.80 Å². The van der Waals surface area contributed by atoms with Crippen molar-refractivity contribution in [2.75, 3.05) is 31.1 Å². The van der Waals surface area contributed by atoms with E-state index in [4.69, 9.17) is 0 Å². The molecule has 174 valence electrons. The third-order valence-corrected chi connectivity index (χ3v) is 8.09. The van der Waals surface area contributed by atoms with Gasteiger partial charge in [0.25, 0.3) is 0 Å². The maximum absolute atomic E-state index is 14.5. The van der Waals surface area contributed by atoms with Crippen LogP contribution < -0.4 is 4.90 Å². The lowest BCUT2D eigenvalue weighted by molar-refractivity contribution is -0.119. The number of halogens is 1. The summed E-state index contributed by atoms with van der Waals surface area (Å²) in [4.78, 5) is 18.8. The monoisotopic (exact) mass is 454 g/mol. The molecule has 2 fully saturated rings. The topological polar surface area (TPSA) is 23.6 Å². The van der Waals surface area contributed by atoms with Gasteiger partial charge in [0.05, 0.1) is 5.92 Å². The van der Waals surface area contributed by atoms with Gasteiger partial charge in [0, 0.05) is 24.2 Å². The van der Waals surface area contributed by atoms with Crippen molar-refractivity contribution in [3.05, 3.63) is 101 Å². The van der Waals surface area contributed by atoms with Crippen LogP contribution in [0, 0.1) is 11.7 Å². The molecule has 2 heterocycles. The summed E-state index contributed by atoms with van der Waals surface area (Å²) in [6.45, 7) is 3.88. The lowest BCUT2D eigenvalue weighted by Crippen LogP contribution is -2.47. The van der Waals surface area contributed by atoms with Crippen LogP contribution in [0.1, 0.15) is 48.3 Å². The average Bonchev–Trinajstić information content (AvgIpc) is 3.64. The van der Waals surface area contributed by atoms with E-state index in [2.05, 4.69) is 4.90 Å². The van der Waals surface area contributed by atoms with E-state index in [1.165, 1.54) is 25.5 Å². The van der Waals surface area contributed by atoms with Crippen LogP contribution in [0.2, 0.25) is 0 Å². The summed E-state index contributed by atoms with van der Waals surface area (Å²) in [5.41, 5.74) is 3.72. The molecule has 3 aromatic rings. The molecule has 1 aliphatic carbocycles. The molecule has 0 unspecified atom stereocenters. The first-order valence-electron chi connectivity index (χ1n) is 12.6. The molecule has 6 rings (SSSR count). The second-order valence-electron chi connectivity index (χ2n) is 10.4. The molecular weight excluding hydrogens is 423 g/mol. The van der Waals surface area contributed by atoms with Crippen molar-refractivity contribution < 1.29 is 9.18 Å². The first kappa shape index (κ1) is 21.5. The Morgan fingerprint density at radius 2 is 1.53 bits per heavy atom. The Morgan fingerprint density at radius 3 is 2.12 bits per heavy atom. The predicted molar refractivity (Wildman–Crippen MR) is 134 cm³/mol. The van der Waals surface area contributed by atoms with Gasteiger partial charge in [0.1, 0.15) is 5.82 Å². The molecule has 0 radical (unpaired) electrons. The highest BCUT2D eigenvalue weighted by Gasteiger charge is 2.48. The Morgan fingerprint density at radius 1 is 0.912 bits per heavy atom. The van der Waals surface area contributed by atoms with Gasteiger partial charge in [-0.15, -0.1) is 0 Å². The van der Waals surface area contributed by atoms with Crippen molar-refractivity contribution in [3.63, 3.8) is 0 Å². The smallest absolute Gasteiger partial charge is 0.239 e. The van der Waals surface area contributed by atoms with Gasteiger partial charge in [-0.1, -0.05) is 60.7 Å². The van der Waals surface area contributed by atoms with Crippen LogP contribution in [0.25, 0.3) is 0 Å². The zero-order valence-electron chi connectivity index (χ0n) is 19.5. The number of fused-ring (bicyclic) bond motifs is 2. The van der Waals surface area contributed by atoms with Crippen molar-refractivity contribution >= 4 is 11.6 Å². The Bertz CT molecular complexity index is 1130. The van der Waals surface area contributed by atoms with Gasteiger partial charge in [-0.05, 0) is 79.6 Å². The van der Waals surface area contributed by atoms with Crippen molar-refractivity contribution in [3.8, 4) is 0 Å². The maximum atomic E-state index is 14.5. The van der Waals surface area contributed by atoms with Crippen LogP contribution in [0.5, 0.6) is 0 Å².